The van der Waals surface area contributed by atoms with Gasteiger partial charge < -0.3 is 10.4 Å². The van der Waals surface area contributed by atoms with Crippen molar-refractivity contribution < 1.29 is 9.90 Å². The molecule has 1 aromatic heterocycles. The molecule has 1 amide bonds. The second kappa shape index (κ2) is 6.60. The summed E-state index contributed by atoms with van der Waals surface area (Å²) in [6, 6.07) is 7.03. The molecule has 1 aromatic carbocycles. The lowest BCUT2D eigenvalue weighted by atomic mass is 10.0. The molecule has 3 atom stereocenters. The number of rotatable bonds is 6. The topological polar surface area (TPSA) is 80.0 Å². The molecule has 3 aliphatic carbocycles. The highest BCUT2D eigenvalue weighted by Crippen LogP contribution is 2.62. The summed E-state index contributed by atoms with van der Waals surface area (Å²) in [5.74, 6) is 1.92. The molecule has 7 heteroatoms. The highest BCUT2D eigenvalue weighted by atomic mass is 35.5. The summed E-state index contributed by atoms with van der Waals surface area (Å²) < 4.78 is 2.04. The summed E-state index contributed by atoms with van der Waals surface area (Å²) in [5, 5.41) is 22.1. The monoisotopic (exact) mass is 386 g/mol. The van der Waals surface area contributed by atoms with Crippen molar-refractivity contribution in [1.82, 2.24) is 20.3 Å². The van der Waals surface area contributed by atoms with E-state index in [1.807, 2.05) is 4.68 Å². The minimum Gasteiger partial charge on any atom is -0.394 e. The van der Waals surface area contributed by atoms with Crippen molar-refractivity contribution in [3.8, 4) is 0 Å². The highest BCUT2D eigenvalue weighted by molar-refractivity contribution is 6.30. The number of aliphatic hydroxyl groups is 1. The van der Waals surface area contributed by atoms with Crippen LogP contribution in [0.25, 0.3) is 0 Å². The van der Waals surface area contributed by atoms with Gasteiger partial charge in [-0.1, -0.05) is 16.8 Å². The first-order valence-corrected chi connectivity index (χ1v) is 10.1. The lowest BCUT2D eigenvalue weighted by molar-refractivity contribution is 0.0900. The van der Waals surface area contributed by atoms with Crippen molar-refractivity contribution in [3.63, 3.8) is 0 Å². The van der Waals surface area contributed by atoms with E-state index in [1.54, 1.807) is 24.3 Å². The normalized spacial score (nSPS) is 30.0. The first kappa shape index (κ1) is 17.2. The van der Waals surface area contributed by atoms with E-state index in [4.69, 9.17) is 11.6 Å². The Balaban J connectivity index is 1.19. The van der Waals surface area contributed by atoms with Crippen LogP contribution >= 0.6 is 11.6 Å². The summed E-state index contributed by atoms with van der Waals surface area (Å²) in [6.45, 7) is -0.0309. The van der Waals surface area contributed by atoms with Crippen LogP contribution in [0.4, 0.5) is 0 Å². The molecule has 142 valence electrons. The first-order chi connectivity index (χ1) is 13.1. The van der Waals surface area contributed by atoms with E-state index >= 15 is 0 Å². The molecule has 27 heavy (non-hydrogen) atoms. The quantitative estimate of drug-likeness (QED) is 0.800. The Kier molecular flexibility index (Phi) is 4.20. The Hall–Kier alpha value is -1.92. The third kappa shape index (κ3) is 3.25. The zero-order valence-corrected chi connectivity index (χ0v) is 15.7. The van der Waals surface area contributed by atoms with Crippen molar-refractivity contribution >= 4 is 17.5 Å². The van der Waals surface area contributed by atoms with Crippen molar-refractivity contribution in [1.29, 1.82) is 0 Å². The first-order valence-electron chi connectivity index (χ1n) is 9.73. The number of amides is 1. The van der Waals surface area contributed by atoms with Gasteiger partial charge in [0, 0.05) is 22.7 Å². The van der Waals surface area contributed by atoms with E-state index in [0.717, 1.165) is 18.5 Å². The summed E-state index contributed by atoms with van der Waals surface area (Å²) in [4.78, 5) is 12.4. The van der Waals surface area contributed by atoms with E-state index in [9.17, 15) is 9.90 Å². The summed E-state index contributed by atoms with van der Waals surface area (Å²) >= 11 is 5.88. The Bertz CT molecular complexity index is 836. The summed E-state index contributed by atoms with van der Waals surface area (Å²) in [7, 11) is 0. The number of hydrogen-bond donors (Lipinski definition) is 2. The van der Waals surface area contributed by atoms with E-state index in [2.05, 4.69) is 21.8 Å². The average molecular weight is 387 g/mol. The fourth-order valence-electron chi connectivity index (χ4n) is 4.83. The van der Waals surface area contributed by atoms with Crippen LogP contribution in [0.1, 0.15) is 53.7 Å². The largest absolute Gasteiger partial charge is 0.394 e. The van der Waals surface area contributed by atoms with Crippen molar-refractivity contribution in [2.45, 2.75) is 43.7 Å². The number of nitrogens with zero attached hydrogens (tertiary/aromatic N) is 3. The molecule has 6 nitrogen and oxygen atoms in total. The maximum atomic E-state index is 12.4. The maximum absolute atomic E-state index is 12.4. The molecule has 3 saturated carbocycles. The molecular weight excluding hydrogens is 364 g/mol. The second-order valence-corrected chi connectivity index (χ2v) is 8.63. The molecule has 0 aliphatic heterocycles. The van der Waals surface area contributed by atoms with Crippen molar-refractivity contribution in [2.24, 2.45) is 17.8 Å². The van der Waals surface area contributed by atoms with Crippen LogP contribution in [0, 0.1) is 17.8 Å². The summed E-state index contributed by atoms with van der Waals surface area (Å²) in [5.41, 5.74) is 1.70. The molecule has 0 radical (unpaired) electrons. The lowest BCUT2D eigenvalue weighted by Crippen LogP contribution is -2.40. The average Bonchev–Trinajstić information content (AvgIpc) is 3.53. The lowest BCUT2D eigenvalue weighted by Gasteiger charge is -2.21. The van der Waals surface area contributed by atoms with Crippen LogP contribution in [0.3, 0.4) is 0 Å². The van der Waals surface area contributed by atoms with E-state index in [-0.39, 0.29) is 18.6 Å². The van der Waals surface area contributed by atoms with Gasteiger partial charge in [-0.3, -0.25) is 4.79 Å². The number of fused-ring (bicyclic) bond motifs is 1. The van der Waals surface area contributed by atoms with Crippen LogP contribution in [-0.2, 0) is 0 Å². The van der Waals surface area contributed by atoms with Gasteiger partial charge in [0.05, 0.1) is 24.4 Å². The zero-order valence-electron chi connectivity index (χ0n) is 15.0. The molecule has 5 rings (SSSR count). The van der Waals surface area contributed by atoms with Crippen LogP contribution < -0.4 is 5.32 Å². The molecule has 0 bridgehead atoms. The van der Waals surface area contributed by atoms with Crippen LogP contribution in [0.2, 0.25) is 5.02 Å². The third-order valence-electron chi connectivity index (χ3n) is 6.47. The Morgan fingerprint density at radius 2 is 1.96 bits per heavy atom. The maximum Gasteiger partial charge on any atom is 0.251 e. The predicted octanol–water partition coefficient (Wildman–Crippen LogP) is 2.80. The van der Waals surface area contributed by atoms with Crippen LogP contribution in [0.15, 0.2) is 30.5 Å². The number of aromatic nitrogens is 3. The number of halogens is 1. The van der Waals surface area contributed by atoms with Gasteiger partial charge in [-0.2, -0.15) is 0 Å². The zero-order chi connectivity index (χ0) is 18.5. The number of hydrogen-bond acceptors (Lipinski definition) is 4. The van der Waals surface area contributed by atoms with Crippen LogP contribution in [0.5, 0.6) is 0 Å². The molecule has 0 spiro atoms. The number of nitrogens with one attached hydrogen (secondary N) is 1. The van der Waals surface area contributed by atoms with Crippen LogP contribution in [-0.4, -0.2) is 38.7 Å². The third-order valence-corrected chi connectivity index (χ3v) is 6.72. The minimum absolute atomic E-state index is 0.0309. The van der Waals surface area contributed by atoms with E-state index < -0.39 is 0 Å². The number of benzene rings is 1. The van der Waals surface area contributed by atoms with Gasteiger partial charge in [0.25, 0.3) is 5.91 Å². The van der Waals surface area contributed by atoms with Gasteiger partial charge in [0.15, 0.2) is 0 Å². The van der Waals surface area contributed by atoms with Crippen molar-refractivity contribution in [3.05, 3.63) is 46.7 Å². The fraction of sp³-hybridized carbons (Fsp3) is 0.550. The van der Waals surface area contributed by atoms with Crippen molar-refractivity contribution in [2.75, 3.05) is 6.61 Å². The van der Waals surface area contributed by atoms with Gasteiger partial charge in [-0.15, -0.1) is 5.10 Å². The molecule has 3 fully saturated rings. The molecule has 0 saturated heterocycles. The molecule has 2 aromatic rings. The summed E-state index contributed by atoms with van der Waals surface area (Å²) in [6.07, 6.45) is 6.70. The van der Waals surface area contributed by atoms with E-state index in [1.165, 1.54) is 12.8 Å². The standard InChI is InChI=1S/C20H23ClN4O2/c21-13-5-3-12(4-6-13)20(27)22-18(10-26)19-15-7-14(8-16(15)19)25-9-17(23-24-25)11-1-2-11/h3-6,9,11,14-16,18-19,26H,1-2,7-8,10H2,(H,22,27). The van der Waals surface area contributed by atoms with Gasteiger partial charge in [-0.05, 0) is 67.7 Å². The van der Waals surface area contributed by atoms with Gasteiger partial charge in [0.2, 0.25) is 0 Å². The Morgan fingerprint density at radius 3 is 2.59 bits per heavy atom. The minimum atomic E-state index is -0.193. The molecular formula is C20H23ClN4O2. The van der Waals surface area contributed by atoms with Gasteiger partial charge in [0.1, 0.15) is 0 Å². The number of aliphatic hydroxyl groups excluding tert-OH is 1. The SMILES string of the molecule is O=C(NC(CO)C1C2CC(n3cc(C4CC4)nn3)CC21)c1ccc(Cl)cc1. The number of carbonyl (C=O) groups is 1. The fourth-order valence-corrected chi connectivity index (χ4v) is 4.95. The highest BCUT2D eigenvalue weighted by Gasteiger charge is 2.59. The molecule has 1 heterocycles. The molecule has 3 unspecified atom stereocenters. The predicted molar refractivity (Wildman–Crippen MR) is 101 cm³/mol. The van der Waals surface area contributed by atoms with Gasteiger partial charge in [-0.25, -0.2) is 4.68 Å². The Labute approximate surface area is 162 Å². The molecule has 2 N–H and O–H groups in total. The smallest absolute Gasteiger partial charge is 0.251 e. The Morgan fingerprint density at radius 1 is 1.26 bits per heavy atom. The second-order valence-electron chi connectivity index (χ2n) is 8.20. The number of carbonyl (C=O) groups excluding carboxylic acids is 1. The van der Waals surface area contributed by atoms with Gasteiger partial charge >= 0.3 is 0 Å². The van der Waals surface area contributed by atoms with E-state index in [0.29, 0.717) is 40.3 Å². The molecule has 3 aliphatic rings.